The molecule has 3 fully saturated rings. The summed E-state index contributed by atoms with van der Waals surface area (Å²) in [6, 6.07) is 0. The van der Waals surface area contributed by atoms with Crippen molar-refractivity contribution in [2.24, 2.45) is 10.8 Å². The second-order valence-electron chi connectivity index (χ2n) is 7.13. The summed E-state index contributed by atoms with van der Waals surface area (Å²) < 4.78 is 0. The van der Waals surface area contributed by atoms with Gasteiger partial charge in [0.1, 0.15) is 0 Å². The van der Waals surface area contributed by atoms with E-state index in [1.54, 1.807) is 0 Å². The summed E-state index contributed by atoms with van der Waals surface area (Å²) in [6.07, 6.45) is 10.6. The van der Waals surface area contributed by atoms with E-state index in [4.69, 9.17) is 0 Å². The lowest BCUT2D eigenvalue weighted by Crippen LogP contribution is -2.61. The summed E-state index contributed by atoms with van der Waals surface area (Å²) in [6.45, 7) is 3.53. The lowest BCUT2D eigenvalue weighted by atomic mass is 9.62. The summed E-state index contributed by atoms with van der Waals surface area (Å²) in [7, 11) is 0. The predicted octanol–water partition coefficient (Wildman–Crippen LogP) is 2.90. The third-order valence-electron chi connectivity index (χ3n) is 5.53. The van der Waals surface area contributed by atoms with Crippen molar-refractivity contribution in [3.8, 4) is 0 Å². The van der Waals surface area contributed by atoms with Crippen LogP contribution in [0, 0.1) is 10.8 Å². The first kappa shape index (κ1) is 12.5. The largest absolute Gasteiger partial charge is 0.481 e. The molecule has 0 aromatic heterocycles. The molecule has 2 saturated carbocycles. The number of hydrogen-bond acceptors (Lipinski definition) is 2. The Balaban J connectivity index is 1.57. The van der Waals surface area contributed by atoms with Crippen molar-refractivity contribution in [3.63, 3.8) is 0 Å². The van der Waals surface area contributed by atoms with Gasteiger partial charge in [-0.3, -0.25) is 4.79 Å². The van der Waals surface area contributed by atoms with Crippen LogP contribution in [0.3, 0.4) is 0 Å². The van der Waals surface area contributed by atoms with Gasteiger partial charge in [0, 0.05) is 19.6 Å². The van der Waals surface area contributed by atoms with Crippen LogP contribution in [-0.4, -0.2) is 35.6 Å². The first-order valence-electron chi connectivity index (χ1n) is 7.56. The van der Waals surface area contributed by atoms with Gasteiger partial charge in [0.25, 0.3) is 0 Å². The molecule has 3 nitrogen and oxygen atoms in total. The van der Waals surface area contributed by atoms with Gasteiger partial charge in [0.15, 0.2) is 0 Å². The molecule has 1 spiro atoms. The first-order valence-corrected chi connectivity index (χ1v) is 7.56. The highest BCUT2D eigenvalue weighted by atomic mass is 16.4. The fraction of sp³-hybridized carbons (Fsp3) is 0.933. The molecule has 1 heterocycles. The van der Waals surface area contributed by atoms with Gasteiger partial charge in [-0.15, -0.1) is 0 Å². The number of hydrogen-bond donors (Lipinski definition) is 1. The van der Waals surface area contributed by atoms with Crippen molar-refractivity contribution in [1.82, 2.24) is 4.90 Å². The molecule has 1 N–H and O–H groups in total. The van der Waals surface area contributed by atoms with Gasteiger partial charge in [-0.1, -0.05) is 25.7 Å². The van der Waals surface area contributed by atoms with Gasteiger partial charge < -0.3 is 10.0 Å². The van der Waals surface area contributed by atoms with Crippen LogP contribution in [0.2, 0.25) is 0 Å². The SMILES string of the molecule is O=C(O)CC1(CN2CC3(CCC3)C2)CCCCC1. The lowest BCUT2D eigenvalue weighted by molar-refractivity contribution is -0.142. The van der Waals surface area contributed by atoms with E-state index >= 15 is 0 Å². The first-order chi connectivity index (χ1) is 8.62. The average molecular weight is 251 g/mol. The number of carboxylic acids is 1. The van der Waals surface area contributed by atoms with Gasteiger partial charge in [0.05, 0.1) is 6.42 Å². The van der Waals surface area contributed by atoms with E-state index in [0.717, 1.165) is 19.4 Å². The van der Waals surface area contributed by atoms with Crippen LogP contribution in [-0.2, 0) is 4.79 Å². The van der Waals surface area contributed by atoms with E-state index in [-0.39, 0.29) is 5.41 Å². The van der Waals surface area contributed by atoms with Crippen molar-refractivity contribution in [2.75, 3.05) is 19.6 Å². The van der Waals surface area contributed by atoms with Crippen LogP contribution in [0.25, 0.3) is 0 Å². The molecule has 18 heavy (non-hydrogen) atoms. The van der Waals surface area contributed by atoms with Crippen molar-refractivity contribution in [2.45, 2.75) is 57.8 Å². The number of rotatable bonds is 4. The Bertz CT molecular complexity index is 321. The molecule has 1 aliphatic heterocycles. The highest BCUT2D eigenvalue weighted by Crippen LogP contribution is 2.50. The monoisotopic (exact) mass is 251 g/mol. The smallest absolute Gasteiger partial charge is 0.303 e. The Hall–Kier alpha value is -0.570. The van der Waals surface area contributed by atoms with E-state index in [2.05, 4.69) is 4.90 Å². The second kappa shape index (κ2) is 4.52. The third kappa shape index (κ3) is 2.29. The fourth-order valence-corrected chi connectivity index (χ4v) is 4.49. The molecule has 2 aliphatic carbocycles. The number of aliphatic carboxylic acids is 1. The summed E-state index contributed by atoms with van der Waals surface area (Å²) in [5.41, 5.74) is 0.758. The zero-order valence-corrected chi connectivity index (χ0v) is 11.3. The average Bonchev–Trinajstić information content (AvgIpc) is 2.20. The molecule has 0 radical (unpaired) electrons. The summed E-state index contributed by atoms with van der Waals surface area (Å²) >= 11 is 0. The van der Waals surface area contributed by atoms with E-state index in [9.17, 15) is 9.90 Å². The van der Waals surface area contributed by atoms with Crippen molar-refractivity contribution < 1.29 is 9.90 Å². The molecule has 3 heteroatoms. The van der Waals surface area contributed by atoms with Gasteiger partial charge in [0.2, 0.25) is 0 Å². The number of nitrogens with zero attached hydrogens (tertiary/aromatic N) is 1. The maximum atomic E-state index is 11.1. The Morgan fingerprint density at radius 1 is 1.00 bits per heavy atom. The van der Waals surface area contributed by atoms with Crippen molar-refractivity contribution in [3.05, 3.63) is 0 Å². The Kier molecular flexibility index (Phi) is 3.13. The van der Waals surface area contributed by atoms with E-state index in [0.29, 0.717) is 11.8 Å². The summed E-state index contributed by atoms with van der Waals surface area (Å²) in [5, 5.41) is 9.18. The normalized spacial score (nSPS) is 29.6. The van der Waals surface area contributed by atoms with Crippen LogP contribution in [0.4, 0.5) is 0 Å². The molecule has 0 atom stereocenters. The molecule has 0 unspecified atom stereocenters. The highest BCUT2D eigenvalue weighted by Gasteiger charge is 2.49. The van der Waals surface area contributed by atoms with Crippen molar-refractivity contribution in [1.29, 1.82) is 0 Å². The van der Waals surface area contributed by atoms with Crippen LogP contribution >= 0.6 is 0 Å². The number of carboxylic acid groups (broad SMARTS) is 1. The molecular weight excluding hydrogens is 226 g/mol. The van der Waals surface area contributed by atoms with Crippen LogP contribution in [0.15, 0.2) is 0 Å². The highest BCUT2D eigenvalue weighted by molar-refractivity contribution is 5.67. The zero-order chi connectivity index (χ0) is 12.6. The maximum Gasteiger partial charge on any atom is 0.303 e. The zero-order valence-electron chi connectivity index (χ0n) is 11.3. The van der Waals surface area contributed by atoms with E-state index < -0.39 is 5.97 Å². The van der Waals surface area contributed by atoms with E-state index in [1.807, 2.05) is 0 Å². The van der Waals surface area contributed by atoms with Gasteiger partial charge >= 0.3 is 5.97 Å². The molecule has 3 rings (SSSR count). The summed E-state index contributed by atoms with van der Waals surface area (Å²) in [4.78, 5) is 13.7. The minimum Gasteiger partial charge on any atom is -0.481 e. The molecular formula is C15H25NO2. The molecule has 1 saturated heterocycles. The minimum absolute atomic E-state index is 0.0927. The molecule has 0 aromatic carbocycles. The summed E-state index contributed by atoms with van der Waals surface area (Å²) in [5.74, 6) is -0.601. The molecule has 3 aliphatic rings. The fourth-order valence-electron chi connectivity index (χ4n) is 4.49. The Morgan fingerprint density at radius 2 is 1.67 bits per heavy atom. The van der Waals surface area contributed by atoms with Crippen LogP contribution in [0.1, 0.15) is 57.8 Å². The van der Waals surface area contributed by atoms with Gasteiger partial charge in [-0.05, 0) is 36.5 Å². The lowest BCUT2D eigenvalue weighted by Gasteiger charge is -2.58. The van der Waals surface area contributed by atoms with Gasteiger partial charge in [-0.25, -0.2) is 0 Å². The molecule has 102 valence electrons. The van der Waals surface area contributed by atoms with E-state index in [1.165, 1.54) is 51.6 Å². The minimum atomic E-state index is -0.601. The second-order valence-corrected chi connectivity index (χ2v) is 7.13. The number of likely N-dealkylation sites (tertiary alicyclic amines) is 1. The quantitative estimate of drug-likeness (QED) is 0.835. The van der Waals surface area contributed by atoms with Gasteiger partial charge in [-0.2, -0.15) is 0 Å². The topological polar surface area (TPSA) is 40.5 Å². The molecule has 0 amide bonds. The van der Waals surface area contributed by atoms with Crippen molar-refractivity contribution >= 4 is 5.97 Å². The Labute approximate surface area is 110 Å². The predicted molar refractivity (Wildman–Crippen MR) is 70.5 cm³/mol. The van der Waals surface area contributed by atoms with Crippen LogP contribution < -0.4 is 0 Å². The van der Waals surface area contributed by atoms with Crippen LogP contribution in [0.5, 0.6) is 0 Å². The number of carbonyl (C=O) groups is 1. The maximum absolute atomic E-state index is 11.1. The Morgan fingerprint density at radius 3 is 2.17 bits per heavy atom. The molecule has 0 bridgehead atoms. The third-order valence-corrected chi connectivity index (χ3v) is 5.53. The standard InChI is InChI=1S/C15H25NO2/c17-13(18)9-14(5-2-1-3-6-14)10-16-11-15(12-16)7-4-8-15/h1-12H2,(H,17,18). The molecule has 0 aromatic rings.